The van der Waals surface area contributed by atoms with Gasteiger partial charge in [0.1, 0.15) is 5.75 Å². The van der Waals surface area contributed by atoms with Crippen LogP contribution >= 0.6 is 11.8 Å². The summed E-state index contributed by atoms with van der Waals surface area (Å²) in [6.07, 6.45) is -0.883. The largest absolute Gasteiger partial charge is 0.497 e. The van der Waals surface area contributed by atoms with Gasteiger partial charge in [-0.1, -0.05) is 0 Å². The van der Waals surface area contributed by atoms with Crippen LogP contribution in [-0.4, -0.2) is 59.2 Å². The van der Waals surface area contributed by atoms with E-state index in [1.54, 1.807) is 13.3 Å². The van der Waals surface area contributed by atoms with Gasteiger partial charge < -0.3 is 19.8 Å². The predicted molar refractivity (Wildman–Crippen MR) is 140 cm³/mol. The van der Waals surface area contributed by atoms with Gasteiger partial charge in [-0.2, -0.15) is 13.2 Å². The molecule has 2 heterocycles. The highest BCUT2D eigenvalue weighted by molar-refractivity contribution is 7.99. The van der Waals surface area contributed by atoms with E-state index in [1.165, 1.54) is 23.9 Å². The van der Waals surface area contributed by atoms with Gasteiger partial charge in [-0.3, -0.25) is 4.98 Å². The number of benzene rings is 2. The van der Waals surface area contributed by atoms with Gasteiger partial charge in [0.15, 0.2) is 0 Å². The lowest BCUT2D eigenvalue weighted by Gasteiger charge is -2.38. The van der Waals surface area contributed by atoms with Crippen molar-refractivity contribution in [1.29, 1.82) is 0 Å². The number of methoxy groups -OCH3 is 1. The molecule has 0 saturated carbocycles. The Morgan fingerprint density at radius 3 is 2.62 bits per heavy atom. The van der Waals surface area contributed by atoms with Crippen LogP contribution in [-0.2, 0) is 6.18 Å². The Morgan fingerprint density at radius 2 is 1.92 bits per heavy atom. The van der Waals surface area contributed by atoms with E-state index < -0.39 is 17.8 Å². The van der Waals surface area contributed by atoms with Crippen LogP contribution in [0.25, 0.3) is 10.9 Å². The normalized spacial score (nSPS) is 19.7. The summed E-state index contributed by atoms with van der Waals surface area (Å²) in [4.78, 5) is 7.52. The lowest BCUT2D eigenvalue weighted by atomic mass is 9.81. The zero-order chi connectivity index (χ0) is 26.4. The monoisotopic (exact) mass is 534 g/mol. The molecular formula is C28H33F3N2O3S. The number of aliphatic hydroxyl groups is 2. The van der Waals surface area contributed by atoms with E-state index in [9.17, 15) is 23.4 Å². The van der Waals surface area contributed by atoms with E-state index in [0.717, 1.165) is 77.5 Å². The highest BCUT2D eigenvalue weighted by Crippen LogP contribution is 2.34. The minimum atomic E-state index is -4.32. The number of aromatic nitrogens is 1. The number of nitrogens with zero attached hydrogens (tertiary/aromatic N) is 2. The summed E-state index contributed by atoms with van der Waals surface area (Å²) < 4.78 is 43.5. The molecule has 1 aliphatic rings. The Bertz CT molecular complexity index is 1160. The third kappa shape index (κ3) is 7.16. The van der Waals surface area contributed by atoms with E-state index in [2.05, 4.69) is 9.88 Å². The lowest BCUT2D eigenvalue weighted by Crippen LogP contribution is -2.43. The first-order chi connectivity index (χ1) is 17.8. The predicted octanol–water partition coefficient (Wildman–Crippen LogP) is 5.80. The Hall–Kier alpha value is -2.33. The van der Waals surface area contributed by atoms with Crippen molar-refractivity contribution in [1.82, 2.24) is 9.88 Å². The molecular weight excluding hydrogens is 501 g/mol. The van der Waals surface area contributed by atoms with Gasteiger partial charge >= 0.3 is 6.18 Å². The molecule has 0 unspecified atom stereocenters. The second-order valence-electron chi connectivity index (χ2n) is 9.54. The number of ether oxygens (including phenoxy) is 1. The van der Waals surface area contributed by atoms with Crippen molar-refractivity contribution >= 4 is 22.7 Å². The number of pyridine rings is 1. The summed E-state index contributed by atoms with van der Waals surface area (Å²) in [5.41, 5.74) is 1.02. The van der Waals surface area contributed by atoms with Crippen molar-refractivity contribution in [3.05, 3.63) is 65.9 Å². The summed E-state index contributed by atoms with van der Waals surface area (Å²) in [7, 11) is 1.61. The van der Waals surface area contributed by atoms with Gasteiger partial charge in [0, 0.05) is 41.9 Å². The number of rotatable bonds is 10. The molecule has 1 aromatic heterocycles. The maximum absolute atomic E-state index is 12.7. The number of fused-ring (bicyclic) bond motifs is 1. The van der Waals surface area contributed by atoms with Gasteiger partial charge in [-0.25, -0.2) is 0 Å². The van der Waals surface area contributed by atoms with Gasteiger partial charge in [0.2, 0.25) is 0 Å². The topological polar surface area (TPSA) is 65.8 Å². The number of piperidine rings is 1. The zero-order valence-corrected chi connectivity index (χ0v) is 21.6. The smallest absolute Gasteiger partial charge is 0.416 e. The second-order valence-corrected chi connectivity index (χ2v) is 10.7. The van der Waals surface area contributed by atoms with Crippen LogP contribution < -0.4 is 4.74 Å². The molecule has 0 bridgehead atoms. The Balaban J connectivity index is 1.27. The van der Waals surface area contributed by atoms with Gasteiger partial charge in [0.05, 0.1) is 24.3 Å². The molecule has 0 spiro atoms. The summed E-state index contributed by atoms with van der Waals surface area (Å²) in [6.45, 7) is 2.58. The Morgan fingerprint density at radius 1 is 1.14 bits per heavy atom. The van der Waals surface area contributed by atoms with Gasteiger partial charge in [0.25, 0.3) is 0 Å². The van der Waals surface area contributed by atoms with Crippen molar-refractivity contribution < 1.29 is 28.1 Å². The fourth-order valence-corrected chi connectivity index (χ4v) is 5.98. The van der Waals surface area contributed by atoms with Crippen LogP contribution in [0.4, 0.5) is 13.2 Å². The average Bonchev–Trinajstić information content (AvgIpc) is 2.91. The molecule has 3 aromatic rings. The molecule has 2 N–H and O–H groups in total. The summed E-state index contributed by atoms with van der Waals surface area (Å²) in [5.74, 6) is 1.94. The molecule has 4 rings (SSSR count). The van der Waals surface area contributed by atoms with Crippen LogP contribution in [0.1, 0.15) is 36.5 Å². The standard InChI is InChI=1S/C28H33F3N2O3S/c1-36-22-5-8-26-25(16-22)24(10-12-32-26)27(35)9-2-19-11-13-33(17-20(19)18-34)14-15-37-23-6-3-21(4-7-23)28(29,30)31/h3-8,10,12,16,19-20,27,34-35H,2,9,11,13-15,17-18H2,1H3/t19-,20-,27-/m1/s1. The first kappa shape index (κ1) is 27.7. The fourth-order valence-electron chi connectivity index (χ4n) is 5.07. The van der Waals surface area contributed by atoms with Crippen LogP contribution in [0.2, 0.25) is 0 Å². The minimum absolute atomic E-state index is 0.0959. The van der Waals surface area contributed by atoms with Crippen molar-refractivity contribution in [2.45, 2.75) is 36.4 Å². The number of likely N-dealkylation sites (tertiary alicyclic amines) is 1. The lowest BCUT2D eigenvalue weighted by molar-refractivity contribution is -0.137. The SMILES string of the molecule is COc1ccc2nccc([C@H](O)CC[C@@H]3CCN(CCSc4ccc(C(F)(F)F)cc4)C[C@@H]3CO)c2c1. The third-order valence-electron chi connectivity index (χ3n) is 7.22. The first-order valence-electron chi connectivity index (χ1n) is 12.5. The maximum Gasteiger partial charge on any atom is 0.416 e. The third-order valence-corrected chi connectivity index (χ3v) is 8.21. The number of alkyl halides is 3. The molecule has 37 heavy (non-hydrogen) atoms. The molecule has 0 amide bonds. The van der Waals surface area contributed by atoms with E-state index >= 15 is 0 Å². The van der Waals surface area contributed by atoms with Crippen molar-refractivity contribution in [3.8, 4) is 5.75 Å². The van der Waals surface area contributed by atoms with Gasteiger partial charge in [-0.05, 0) is 91.7 Å². The minimum Gasteiger partial charge on any atom is -0.497 e. The Labute approximate surface area is 219 Å². The number of hydrogen-bond acceptors (Lipinski definition) is 6. The molecule has 5 nitrogen and oxygen atoms in total. The Kier molecular flexibility index (Phi) is 9.34. The maximum atomic E-state index is 12.7. The second kappa shape index (κ2) is 12.5. The van der Waals surface area contributed by atoms with Crippen molar-refractivity contribution in [2.24, 2.45) is 11.8 Å². The van der Waals surface area contributed by atoms with E-state index in [1.807, 2.05) is 24.3 Å². The number of aliphatic hydroxyl groups excluding tert-OH is 2. The van der Waals surface area contributed by atoms with Gasteiger partial charge in [-0.15, -0.1) is 11.8 Å². The zero-order valence-electron chi connectivity index (χ0n) is 20.8. The summed E-state index contributed by atoms with van der Waals surface area (Å²) >= 11 is 1.54. The van der Waals surface area contributed by atoms with Crippen LogP contribution in [0, 0.1) is 11.8 Å². The van der Waals surface area contributed by atoms with Crippen LogP contribution in [0.3, 0.4) is 0 Å². The highest BCUT2D eigenvalue weighted by Gasteiger charge is 2.30. The van der Waals surface area contributed by atoms with Crippen molar-refractivity contribution in [3.63, 3.8) is 0 Å². The molecule has 1 saturated heterocycles. The summed E-state index contributed by atoms with van der Waals surface area (Å²) in [5, 5.41) is 21.9. The molecule has 3 atom stereocenters. The molecule has 1 aliphatic heterocycles. The number of halogens is 3. The molecule has 9 heteroatoms. The van der Waals surface area contributed by atoms with Crippen LogP contribution in [0.15, 0.2) is 59.6 Å². The number of hydrogen-bond donors (Lipinski definition) is 2. The molecule has 1 fully saturated rings. The molecule has 0 aliphatic carbocycles. The molecule has 0 radical (unpaired) electrons. The highest BCUT2D eigenvalue weighted by atomic mass is 32.2. The summed E-state index contributed by atoms with van der Waals surface area (Å²) in [6, 6.07) is 12.8. The van der Waals surface area contributed by atoms with Crippen LogP contribution in [0.5, 0.6) is 5.75 Å². The molecule has 2 aromatic carbocycles. The first-order valence-corrected chi connectivity index (χ1v) is 13.5. The average molecular weight is 535 g/mol. The van der Waals surface area contributed by atoms with E-state index in [-0.39, 0.29) is 12.5 Å². The number of thioether (sulfide) groups is 1. The quantitative estimate of drug-likeness (QED) is 0.321. The van der Waals surface area contributed by atoms with E-state index in [0.29, 0.717) is 12.3 Å². The fraction of sp³-hybridized carbons (Fsp3) is 0.464. The van der Waals surface area contributed by atoms with Crippen molar-refractivity contribution in [2.75, 3.05) is 39.1 Å². The van der Waals surface area contributed by atoms with E-state index in [4.69, 9.17) is 4.74 Å². The molecule has 200 valence electrons.